The number of rotatable bonds is 3. The molecule has 128 valence electrons. The average Bonchev–Trinajstić information content (AvgIpc) is 3.09. The summed E-state index contributed by atoms with van der Waals surface area (Å²) in [5.41, 5.74) is 1.46. The Kier molecular flexibility index (Phi) is 4.90. The zero-order chi connectivity index (χ0) is 15.8. The van der Waals surface area contributed by atoms with Crippen LogP contribution >= 0.6 is 0 Å². The van der Waals surface area contributed by atoms with Crippen molar-refractivity contribution in [2.24, 2.45) is 28.6 Å². The molecule has 0 aromatic heterocycles. The van der Waals surface area contributed by atoms with Gasteiger partial charge in [0.25, 0.3) is 0 Å². The van der Waals surface area contributed by atoms with E-state index < -0.39 is 0 Å². The van der Waals surface area contributed by atoms with Crippen LogP contribution in [-0.4, -0.2) is 25.8 Å². The lowest BCUT2D eigenvalue weighted by Gasteiger charge is -2.55. The van der Waals surface area contributed by atoms with E-state index in [1.54, 1.807) is 0 Å². The molecule has 1 unspecified atom stereocenters. The maximum absolute atomic E-state index is 5.87. The fourth-order valence-electron chi connectivity index (χ4n) is 4.49. The maximum Gasteiger partial charge on any atom is 0.0578 e. The molecule has 4 rings (SSSR count). The number of hydrogen-bond donors (Lipinski definition) is 1. The fraction of sp³-hybridized carbons (Fsp3) is 1.00. The summed E-state index contributed by atoms with van der Waals surface area (Å²) >= 11 is 0. The summed E-state index contributed by atoms with van der Waals surface area (Å²) in [6, 6.07) is 0. The molecule has 2 aliphatic heterocycles. The molecule has 0 radical (unpaired) electrons. The van der Waals surface area contributed by atoms with Gasteiger partial charge in [0.15, 0.2) is 0 Å². The Labute approximate surface area is 137 Å². The highest BCUT2D eigenvalue weighted by Gasteiger charge is 2.48. The molecule has 2 saturated heterocycles. The van der Waals surface area contributed by atoms with Gasteiger partial charge in [-0.2, -0.15) is 0 Å². The van der Waals surface area contributed by atoms with Crippen LogP contribution in [0.4, 0.5) is 0 Å². The van der Waals surface area contributed by atoms with Gasteiger partial charge in [-0.15, -0.1) is 0 Å². The number of hydrogen-bond acceptors (Lipinski definition) is 2. The Morgan fingerprint density at radius 1 is 1.00 bits per heavy atom. The third kappa shape index (κ3) is 3.87. The second-order valence-electron chi connectivity index (χ2n) is 9.62. The Hall–Kier alpha value is -0.0800. The van der Waals surface area contributed by atoms with Crippen LogP contribution in [0.3, 0.4) is 0 Å². The Morgan fingerprint density at radius 3 is 2.05 bits per heavy atom. The van der Waals surface area contributed by atoms with Crippen LogP contribution in [0.1, 0.15) is 72.6 Å². The van der Waals surface area contributed by atoms with E-state index in [4.69, 9.17) is 4.74 Å². The summed E-state index contributed by atoms with van der Waals surface area (Å²) in [6.07, 6.45) is 10.5. The largest absolute Gasteiger partial charge is 0.378 e. The molecule has 0 amide bonds. The van der Waals surface area contributed by atoms with Crippen LogP contribution in [0.15, 0.2) is 0 Å². The maximum atomic E-state index is 5.87. The van der Waals surface area contributed by atoms with Gasteiger partial charge >= 0.3 is 0 Å². The smallest absolute Gasteiger partial charge is 0.0578 e. The van der Waals surface area contributed by atoms with E-state index in [1.807, 2.05) is 0 Å². The van der Waals surface area contributed by atoms with E-state index in [9.17, 15) is 0 Å². The average molecular weight is 308 g/mol. The Bertz CT molecular complexity index is 350. The molecule has 1 N–H and O–H groups in total. The van der Waals surface area contributed by atoms with E-state index >= 15 is 0 Å². The van der Waals surface area contributed by atoms with Gasteiger partial charge in [0.2, 0.25) is 0 Å². The first kappa shape index (κ1) is 16.8. The van der Waals surface area contributed by atoms with Crippen LogP contribution in [0.2, 0.25) is 0 Å². The molecular weight excluding hydrogens is 270 g/mol. The van der Waals surface area contributed by atoms with Crippen molar-refractivity contribution in [3.05, 3.63) is 0 Å². The highest BCUT2D eigenvalue weighted by molar-refractivity contribution is 5.02. The van der Waals surface area contributed by atoms with Gasteiger partial charge in [0.1, 0.15) is 0 Å². The lowest BCUT2D eigenvalue weighted by atomic mass is 9.56. The zero-order valence-corrected chi connectivity index (χ0v) is 15.3. The molecule has 2 aliphatic carbocycles. The SMILES string of the molecule is CC(C)C1CC2(CNC2)C1.CC(C)CC1CCC2(CC2)CO1. The molecule has 2 heterocycles. The summed E-state index contributed by atoms with van der Waals surface area (Å²) in [4.78, 5) is 0. The third-order valence-corrected chi connectivity index (χ3v) is 6.65. The highest BCUT2D eigenvalue weighted by atomic mass is 16.5. The molecule has 4 aliphatic rings. The first-order chi connectivity index (χ1) is 10.4. The molecule has 2 nitrogen and oxygen atoms in total. The summed E-state index contributed by atoms with van der Waals surface area (Å²) in [5.74, 6) is 2.76. The van der Waals surface area contributed by atoms with Gasteiger partial charge in [-0.05, 0) is 73.5 Å². The zero-order valence-electron chi connectivity index (χ0n) is 15.3. The van der Waals surface area contributed by atoms with E-state index in [2.05, 4.69) is 33.0 Å². The predicted molar refractivity (Wildman–Crippen MR) is 93.0 cm³/mol. The Morgan fingerprint density at radius 2 is 1.68 bits per heavy atom. The standard InChI is InChI=1S/C11H20O.C9H17N/c1-9(2)7-10-3-4-11(5-6-11)8-12-10;1-7(2)8-3-9(4-8)5-10-6-9/h9-10H,3-8H2,1-2H3;7-8,10H,3-6H2,1-2H3. The summed E-state index contributed by atoms with van der Waals surface area (Å²) < 4.78 is 5.87. The van der Waals surface area contributed by atoms with Crippen molar-refractivity contribution in [2.45, 2.75) is 78.7 Å². The van der Waals surface area contributed by atoms with Crippen molar-refractivity contribution < 1.29 is 4.74 Å². The molecule has 1 atom stereocenters. The van der Waals surface area contributed by atoms with Gasteiger partial charge in [-0.3, -0.25) is 0 Å². The molecule has 2 spiro atoms. The van der Waals surface area contributed by atoms with E-state index in [1.165, 1.54) is 58.0 Å². The van der Waals surface area contributed by atoms with Crippen molar-refractivity contribution in [3.63, 3.8) is 0 Å². The van der Waals surface area contributed by atoms with Gasteiger partial charge < -0.3 is 10.1 Å². The van der Waals surface area contributed by atoms with Gasteiger partial charge in [-0.1, -0.05) is 27.7 Å². The van der Waals surface area contributed by atoms with Crippen LogP contribution in [0, 0.1) is 28.6 Å². The first-order valence-electron chi connectivity index (χ1n) is 9.74. The molecule has 0 aromatic carbocycles. The summed E-state index contributed by atoms with van der Waals surface area (Å²) in [6.45, 7) is 12.9. The topological polar surface area (TPSA) is 21.3 Å². The van der Waals surface area contributed by atoms with E-state index in [0.717, 1.165) is 29.8 Å². The second kappa shape index (κ2) is 6.43. The lowest BCUT2D eigenvalue weighted by molar-refractivity contribution is -0.0341. The predicted octanol–water partition coefficient (Wildman–Crippen LogP) is 4.63. The first-order valence-corrected chi connectivity index (χ1v) is 9.74. The molecule has 22 heavy (non-hydrogen) atoms. The normalized spacial score (nSPS) is 31.6. The van der Waals surface area contributed by atoms with E-state index in [0.29, 0.717) is 11.5 Å². The molecule has 2 saturated carbocycles. The minimum Gasteiger partial charge on any atom is -0.378 e. The number of ether oxygens (including phenoxy) is 1. The summed E-state index contributed by atoms with van der Waals surface area (Å²) in [5, 5.41) is 3.36. The van der Waals surface area contributed by atoms with Crippen molar-refractivity contribution >= 4 is 0 Å². The van der Waals surface area contributed by atoms with E-state index in [-0.39, 0.29) is 0 Å². The van der Waals surface area contributed by atoms with Crippen LogP contribution < -0.4 is 5.32 Å². The lowest BCUT2D eigenvalue weighted by Crippen LogP contribution is -2.60. The van der Waals surface area contributed by atoms with Gasteiger partial charge in [0, 0.05) is 13.1 Å². The van der Waals surface area contributed by atoms with Crippen molar-refractivity contribution in [2.75, 3.05) is 19.7 Å². The van der Waals surface area contributed by atoms with Gasteiger partial charge in [-0.25, -0.2) is 0 Å². The monoisotopic (exact) mass is 307 g/mol. The molecule has 0 aromatic rings. The minimum atomic E-state index is 0.580. The minimum absolute atomic E-state index is 0.580. The fourth-order valence-corrected chi connectivity index (χ4v) is 4.49. The van der Waals surface area contributed by atoms with Crippen LogP contribution in [0.25, 0.3) is 0 Å². The number of nitrogens with one attached hydrogen (secondary N) is 1. The second-order valence-corrected chi connectivity index (χ2v) is 9.62. The Balaban J connectivity index is 0.000000133. The molecular formula is C20H37NO. The highest BCUT2D eigenvalue weighted by Crippen LogP contribution is 2.53. The molecule has 4 fully saturated rings. The molecule has 0 bridgehead atoms. The molecule has 2 heteroatoms. The van der Waals surface area contributed by atoms with Gasteiger partial charge in [0.05, 0.1) is 12.7 Å². The van der Waals surface area contributed by atoms with Crippen LogP contribution in [-0.2, 0) is 4.74 Å². The quantitative estimate of drug-likeness (QED) is 0.820. The summed E-state index contributed by atoms with van der Waals surface area (Å²) in [7, 11) is 0. The third-order valence-electron chi connectivity index (χ3n) is 6.65. The van der Waals surface area contributed by atoms with Crippen molar-refractivity contribution in [1.29, 1.82) is 0 Å². The van der Waals surface area contributed by atoms with Crippen molar-refractivity contribution in [3.8, 4) is 0 Å². The van der Waals surface area contributed by atoms with Crippen molar-refractivity contribution in [1.82, 2.24) is 5.32 Å². The van der Waals surface area contributed by atoms with Crippen LogP contribution in [0.5, 0.6) is 0 Å².